The number of rotatable bonds is 6. The first-order chi connectivity index (χ1) is 11.8. The highest BCUT2D eigenvalue weighted by molar-refractivity contribution is 7.48. The third-order valence-corrected chi connectivity index (χ3v) is 6.55. The van der Waals surface area contributed by atoms with Crippen molar-refractivity contribution in [1.29, 1.82) is 0 Å². The molecule has 7 heteroatoms. The van der Waals surface area contributed by atoms with Gasteiger partial charge in [-0.15, -0.1) is 0 Å². The minimum atomic E-state index is -2.14. The molecule has 0 fully saturated rings. The first-order valence-corrected chi connectivity index (χ1v) is 8.76. The monoisotopic (exact) mass is 376 g/mol. The van der Waals surface area contributed by atoms with E-state index in [2.05, 4.69) is 0 Å². The Kier molecular flexibility index (Phi) is 6.04. The highest BCUT2D eigenvalue weighted by Gasteiger charge is 2.36. The summed E-state index contributed by atoms with van der Waals surface area (Å²) >= 11 is 0. The molecule has 1 unspecified atom stereocenters. The third-order valence-electron chi connectivity index (χ3n) is 4.40. The number of halogens is 5. The maximum Gasteiger partial charge on any atom is 0.200 e. The van der Waals surface area contributed by atoms with Gasteiger partial charge in [-0.1, -0.05) is 40.6 Å². The Labute approximate surface area is 145 Å². The van der Waals surface area contributed by atoms with E-state index < -0.39 is 48.1 Å². The smallest absolute Gasteiger partial charge is 0.200 e. The van der Waals surface area contributed by atoms with Crippen LogP contribution in [0.2, 0.25) is 0 Å². The second-order valence-electron chi connectivity index (χ2n) is 5.56. The molecule has 0 bridgehead atoms. The van der Waals surface area contributed by atoms with Crippen molar-refractivity contribution in [3.05, 3.63) is 58.9 Å². The summed E-state index contributed by atoms with van der Waals surface area (Å²) in [5.74, 6) is -8.99. The van der Waals surface area contributed by atoms with Crippen LogP contribution in [-0.4, -0.2) is 7.11 Å². The van der Waals surface area contributed by atoms with Crippen LogP contribution in [0.25, 0.3) is 0 Å². The SMILES string of the molecule is CCC(CC)(Pc1c(F)c(F)c(F)c(F)c1F)c1ccccc1OC. The molecule has 2 aromatic carbocycles. The van der Waals surface area contributed by atoms with Crippen molar-refractivity contribution < 1.29 is 26.7 Å². The van der Waals surface area contributed by atoms with Crippen LogP contribution in [0.1, 0.15) is 32.3 Å². The van der Waals surface area contributed by atoms with Crippen LogP contribution >= 0.6 is 8.58 Å². The summed E-state index contributed by atoms with van der Waals surface area (Å²) < 4.78 is 74.0. The Morgan fingerprint density at radius 2 is 1.32 bits per heavy atom. The van der Waals surface area contributed by atoms with Gasteiger partial charge in [0.1, 0.15) is 5.75 Å². The summed E-state index contributed by atoms with van der Waals surface area (Å²) in [4.78, 5) is 0. The zero-order valence-corrected chi connectivity index (χ0v) is 15.0. The molecule has 0 aliphatic carbocycles. The van der Waals surface area contributed by atoms with Crippen molar-refractivity contribution in [2.24, 2.45) is 0 Å². The maximum absolute atomic E-state index is 14.2. The largest absolute Gasteiger partial charge is 0.496 e. The molecule has 0 aliphatic rings. The van der Waals surface area contributed by atoms with Crippen molar-refractivity contribution in [2.45, 2.75) is 31.8 Å². The zero-order valence-electron chi connectivity index (χ0n) is 14.0. The second-order valence-corrected chi connectivity index (χ2v) is 7.27. The van der Waals surface area contributed by atoms with Crippen LogP contribution in [0.15, 0.2) is 24.3 Å². The van der Waals surface area contributed by atoms with Gasteiger partial charge in [-0.3, -0.25) is 0 Å². The van der Waals surface area contributed by atoms with Crippen molar-refractivity contribution in [1.82, 2.24) is 0 Å². The van der Waals surface area contributed by atoms with Gasteiger partial charge >= 0.3 is 0 Å². The van der Waals surface area contributed by atoms with Crippen molar-refractivity contribution in [2.75, 3.05) is 7.11 Å². The van der Waals surface area contributed by atoms with Gasteiger partial charge in [0, 0.05) is 10.7 Å². The van der Waals surface area contributed by atoms with Crippen LogP contribution in [0.3, 0.4) is 0 Å². The van der Waals surface area contributed by atoms with E-state index in [9.17, 15) is 22.0 Å². The molecule has 0 N–H and O–H groups in total. The molecule has 0 aliphatic heterocycles. The molecule has 2 aromatic rings. The molecule has 0 radical (unpaired) electrons. The third kappa shape index (κ3) is 3.37. The normalized spacial score (nSPS) is 12.2. The average molecular weight is 376 g/mol. The fraction of sp³-hybridized carbons (Fsp3) is 0.333. The number of ether oxygens (including phenoxy) is 1. The first kappa shape index (κ1) is 19.6. The molecule has 2 rings (SSSR count). The lowest BCUT2D eigenvalue weighted by molar-refractivity contribution is 0.383. The lowest BCUT2D eigenvalue weighted by Crippen LogP contribution is -2.26. The Morgan fingerprint density at radius 1 is 0.840 bits per heavy atom. The van der Waals surface area contributed by atoms with Gasteiger partial charge in [-0.25, -0.2) is 22.0 Å². The predicted octanol–water partition coefficient (Wildman–Crippen LogP) is 5.41. The highest BCUT2D eigenvalue weighted by Crippen LogP contribution is 2.50. The molecule has 136 valence electrons. The van der Waals surface area contributed by atoms with Crippen LogP contribution < -0.4 is 10.0 Å². The van der Waals surface area contributed by atoms with Crippen LogP contribution in [0.4, 0.5) is 22.0 Å². The van der Waals surface area contributed by atoms with Gasteiger partial charge in [-0.2, -0.15) is 0 Å². The van der Waals surface area contributed by atoms with E-state index in [4.69, 9.17) is 4.74 Å². The number of para-hydroxylation sites is 1. The molecule has 1 atom stereocenters. The van der Waals surface area contributed by atoms with Gasteiger partial charge in [0.05, 0.1) is 12.4 Å². The molecule has 0 heterocycles. The molecule has 0 saturated carbocycles. The fourth-order valence-corrected chi connectivity index (χ4v) is 4.48. The lowest BCUT2D eigenvalue weighted by atomic mass is 9.92. The van der Waals surface area contributed by atoms with Gasteiger partial charge in [-0.05, 0) is 18.9 Å². The molecule has 0 spiro atoms. The first-order valence-electron chi connectivity index (χ1n) is 7.76. The van der Waals surface area contributed by atoms with Crippen molar-refractivity contribution in [3.63, 3.8) is 0 Å². The zero-order chi connectivity index (χ0) is 18.8. The summed E-state index contributed by atoms with van der Waals surface area (Å²) in [5.41, 5.74) is 0.685. The van der Waals surface area contributed by atoms with E-state index in [1.54, 1.807) is 24.3 Å². The van der Waals surface area contributed by atoms with E-state index in [-0.39, 0.29) is 0 Å². The molecule has 0 amide bonds. The van der Waals surface area contributed by atoms with E-state index in [0.717, 1.165) is 0 Å². The van der Waals surface area contributed by atoms with Gasteiger partial charge < -0.3 is 4.74 Å². The van der Waals surface area contributed by atoms with Gasteiger partial charge in [0.15, 0.2) is 23.3 Å². The lowest BCUT2D eigenvalue weighted by Gasteiger charge is -2.34. The summed E-state index contributed by atoms with van der Waals surface area (Å²) in [6.45, 7) is 3.63. The standard InChI is InChI=1S/C18H18F5OP/c1-4-18(5-2,10-8-6-7-9-11(10)24-3)25-17-15(22)13(20)12(19)14(21)16(17)23/h6-9,25H,4-5H2,1-3H3. The van der Waals surface area contributed by atoms with E-state index in [1.165, 1.54) is 7.11 Å². The minimum Gasteiger partial charge on any atom is -0.496 e. The maximum atomic E-state index is 14.2. The summed E-state index contributed by atoms with van der Waals surface area (Å²) in [7, 11) is 0.822. The van der Waals surface area contributed by atoms with Crippen LogP contribution in [-0.2, 0) is 5.16 Å². The minimum absolute atomic E-state index is 0.446. The number of benzene rings is 2. The second kappa shape index (κ2) is 7.69. The fourth-order valence-electron chi connectivity index (χ4n) is 2.87. The number of hydrogen-bond acceptors (Lipinski definition) is 1. The van der Waals surface area contributed by atoms with Gasteiger partial charge in [0.2, 0.25) is 5.82 Å². The van der Waals surface area contributed by atoms with E-state index in [1.807, 2.05) is 13.8 Å². The molecule has 1 nitrogen and oxygen atoms in total. The van der Waals surface area contributed by atoms with Crippen LogP contribution in [0, 0.1) is 29.1 Å². The summed E-state index contributed by atoms with van der Waals surface area (Å²) in [6.07, 6.45) is 0.892. The Morgan fingerprint density at radius 3 is 1.80 bits per heavy atom. The number of hydrogen-bond donors (Lipinski definition) is 0. The molecule has 0 aromatic heterocycles. The molecular weight excluding hydrogens is 358 g/mol. The topological polar surface area (TPSA) is 9.23 Å². The predicted molar refractivity (Wildman–Crippen MR) is 89.4 cm³/mol. The van der Waals surface area contributed by atoms with E-state index >= 15 is 0 Å². The highest BCUT2D eigenvalue weighted by atomic mass is 31.1. The van der Waals surface area contributed by atoms with E-state index in [0.29, 0.717) is 24.2 Å². The number of methoxy groups -OCH3 is 1. The Balaban J connectivity index is 2.66. The van der Waals surface area contributed by atoms with Crippen LogP contribution in [0.5, 0.6) is 5.75 Å². The van der Waals surface area contributed by atoms with Crippen molar-refractivity contribution in [3.8, 4) is 5.75 Å². The van der Waals surface area contributed by atoms with Crippen molar-refractivity contribution >= 4 is 13.9 Å². The average Bonchev–Trinajstić information content (AvgIpc) is 2.65. The Hall–Kier alpha value is -1.68. The summed E-state index contributed by atoms with van der Waals surface area (Å²) in [6, 6.07) is 6.96. The van der Waals surface area contributed by atoms with Gasteiger partial charge in [0.25, 0.3) is 0 Å². The Bertz CT molecular complexity index is 745. The molecule has 0 saturated heterocycles. The molecule has 25 heavy (non-hydrogen) atoms. The summed E-state index contributed by atoms with van der Waals surface area (Å²) in [5, 5.41) is -1.57. The quantitative estimate of drug-likeness (QED) is 0.284. The molecular formula is C18H18F5OP.